The highest BCUT2D eigenvalue weighted by Gasteiger charge is 2.40. The normalized spacial score (nSPS) is 13.5. The molecule has 0 aliphatic heterocycles. The van der Waals surface area contributed by atoms with E-state index < -0.39 is 19.9 Å². The zero-order valence-electron chi connectivity index (χ0n) is 9.11. The average molecular weight is 246 g/mol. The Kier molecular flexibility index (Phi) is 4.51. The van der Waals surface area contributed by atoms with Crippen molar-refractivity contribution in [2.24, 2.45) is 0 Å². The van der Waals surface area contributed by atoms with E-state index in [1.165, 1.54) is 31.4 Å². The third kappa shape index (κ3) is 3.06. The Balaban J connectivity index is 2.82. The molecule has 88 valence electrons. The molecule has 16 heavy (non-hydrogen) atoms. The highest BCUT2D eigenvalue weighted by atomic mass is 31.1. The molecule has 0 spiro atoms. The summed E-state index contributed by atoms with van der Waals surface area (Å²) in [6, 6.07) is 7.11. The van der Waals surface area contributed by atoms with E-state index in [2.05, 4.69) is 0 Å². The van der Waals surface area contributed by atoms with Crippen LogP contribution in [0.3, 0.4) is 0 Å². The molecule has 2 nitrogen and oxygen atoms in total. The van der Waals surface area contributed by atoms with Gasteiger partial charge in [-0.3, -0.25) is 4.79 Å². The summed E-state index contributed by atoms with van der Waals surface area (Å²) in [5.74, 6) is -4.51. The molecular weight excluding hydrogens is 233 g/mol. The maximum atomic E-state index is 13.7. The molecule has 0 N–H and O–H groups in total. The molecule has 0 aliphatic carbocycles. The first-order valence-corrected chi connectivity index (χ1v) is 6.59. The summed E-state index contributed by atoms with van der Waals surface area (Å²) in [5, 5.41) is 0. The SMILES string of the molecule is COP(C)CC(=O)C(F)(F)c1ccccc1. The molecule has 0 radical (unpaired) electrons. The maximum Gasteiger partial charge on any atom is 0.330 e. The minimum Gasteiger partial charge on any atom is -0.362 e. The predicted octanol–water partition coefficient (Wildman–Crippen LogP) is 3.02. The van der Waals surface area contributed by atoms with E-state index in [9.17, 15) is 13.6 Å². The van der Waals surface area contributed by atoms with Crippen LogP contribution in [-0.2, 0) is 15.2 Å². The van der Waals surface area contributed by atoms with Crippen molar-refractivity contribution >= 4 is 13.9 Å². The van der Waals surface area contributed by atoms with Crippen molar-refractivity contribution in [3.05, 3.63) is 35.9 Å². The molecule has 0 heterocycles. The lowest BCUT2D eigenvalue weighted by atomic mass is 10.1. The van der Waals surface area contributed by atoms with E-state index in [4.69, 9.17) is 4.52 Å². The summed E-state index contributed by atoms with van der Waals surface area (Å²) in [6.45, 7) is 1.65. The summed E-state index contributed by atoms with van der Waals surface area (Å²) < 4.78 is 32.2. The molecule has 0 aromatic heterocycles. The van der Waals surface area contributed by atoms with Crippen LogP contribution in [0.25, 0.3) is 0 Å². The van der Waals surface area contributed by atoms with Crippen LogP contribution in [-0.4, -0.2) is 25.7 Å². The van der Waals surface area contributed by atoms with E-state index in [1.807, 2.05) is 0 Å². The average Bonchev–Trinajstić information content (AvgIpc) is 2.29. The van der Waals surface area contributed by atoms with Crippen LogP contribution >= 0.6 is 8.15 Å². The van der Waals surface area contributed by atoms with Gasteiger partial charge in [0.05, 0.1) is 6.16 Å². The van der Waals surface area contributed by atoms with Crippen LogP contribution in [0.15, 0.2) is 30.3 Å². The summed E-state index contributed by atoms with van der Waals surface area (Å²) in [5.41, 5.74) is -0.264. The van der Waals surface area contributed by atoms with Gasteiger partial charge >= 0.3 is 5.92 Å². The first kappa shape index (κ1) is 13.2. The monoisotopic (exact) mass is 246 g/mol. The zero-order valence-corrected chi connectivity index (χ0v) is 10.0. The molecule has 0 aliphatic rings. The number of hydrogen-bond donors (Lipinski definition) is 0. The minimum atomic E-state index is -3.42. The van der Waals surface area contributed by atoms with E-state index in [-0.39, 0.29) is 11.7 Å². The van der Waals surface area contributed by atoms with E-state index in [0.717, 1.165) is 0 Å². The van der Waals surface area contributed by atoms with Gasteiger partial charge in [0, 0.05) is 20.8 Å². The largest absolute Gasteiger partial charge is 0.362 e. The summed E-state index contributed by atoms with van der Waals surface area (Å²) >= 11 is 0. The van der Waals surface area contributed by atoms with Gasteiger partial charge in [-0.2, -0.15) is 8.78 Å². The van der Waals surface area contributed by atoms with Gasteiger partial charge in [-0.15, -0.1) is 0 Å². The van der Waals surface area contributed by atoms with Crippen LogP contribution in [0.2, 0.25) is 0 Å². The summed E-state index contributed by atoms with van der Waals surface area (Å²) in [6.07, 6.45) is -0.228. The molecule has 1 unspecified atom stereocenters. The van der Waals surface area contributed by atoms with Crippen molar-refractivity contribution in [3.63, 3.8) is 0 Å². The number of benzene rings is 1. The van der Waals surface area contributed by atoms with Gasteiger partial charge in [0.1, 0.15) is 0 Å². The fourth-order valence-electron chi connectivity index (χ4n) is 1.17. The molecule has 0 bridgehead atoms. The van der Waals surface area contributed by atoms with E-state index in [0.29, 0.717) is 0 Å². The van der Waals surface area contributed by atoms with Gasteiger partial charge in [-0.05, 0) is 6.66 Å². The van der Waals surface area contributed by atoms with Crippen molar-refractivity contribution < 1.29 is 18.1 Å². The Morgan fingerprint density at radius 3 is 2.44 bits per heavy atom. The Labute approximate surface area is 94.4 Å². The third-order valence-electron chi connectivity index (χ3n) is 2.16. The van der Waals surface area contributed by atoms with Crippen LogP contribution in [0.4, 0.5) is 8.78 Å². The molecule has 1 atom stereocenters. The van der Waals surface area contributed by atoms with Gasteiger partial charge in [0.15, 0.2) is 0 Å². The topological polar surface area (TPSA) is 26.3 Å². The van der Waals surface area contributed by atoms with Crippen molar-refractivity contribution in [2.75, 3.05) is 19.9 Å². The lowest BCUT2D eigenvalue weighted by Crippen LogP contribution is -2.28. The van der Waals surface area contributed by atoms with Crippen molar-refractivity contribution in [1.82, 2.24) is 0 Å². The van der Waals surface area contributed by atoms with E-state index >= 15 is 0 Å². The molecule has 0 amide bonds. The fourth-order valence-corrected chi connectivity index (χ4v) is 1.91. The second-order valence-electron chi connectivity index (χ2n) is 3.33. The number of rotatable bonds is 5. The highest BCUT2D eigenvalue weighted by Crippen LogP contribution is 2.36. The quantitative estimate of drug-likeness (QED) is 0.746. The molecule has 1 aromatic rings. The van der Waals surface area contributed by atoms with Gasteiger partial charge < -0.3 is 4.52 Å². The summed E-state index contributed by atoms with van der Waals surface area (Å²) in [4.78, 5) is 11.4. The fraction of sp³-hybridized carbons (Fsp3) is 0.364. The lowest BCUT2D eigenvalue weighted by Gasteiger charge is -2.17. The maximum absolute atomic E-state index is 13.7. The molecule has 1 rings (SSSR count). The van der Waals surface area contributed by atoms with Gasteiger partial charge in [-0.25, -0.2) is 0 Å². The predicted molar refractivity (Wildman–Crippen MR) is 60.1 cm³/mol. The Morgan fingerprint density at radius 1 is 1.38 bits per heavy atom. The number of ketones is 1. The number of halogens is 2. The van der Waals surface area contributed by atoms with Gasteiger partial charge in [0.25, 0.3) is 0 Å². The van der Waals surface area contributed by atoms with E-state index in [1.54, 1.807) is 12.7 Å². The number of alkyl halides is 2. The van der Waals surface area contributed by atoms with Crippen molar-refractivity contribution in [3.8, 4) is 0 Å². The van der Waals surface area contributed by atoms with Crippen LogP contribution in [0.1, 0.15) is 5.56 Å². The second-order valence-corrected chi connectivity index (χ2v) is 5.27. The lowest BCUT2D eigenvalue weighted by molar-refractivity contribution is -0.141. The van der Waals surface area contributed by atoms with Crippen LogP contribution in [0.5, 0.6) is 0 Å². The molecule has 1 aromatic carbocycles. The molecule has 5 heteroatoms. The van der Waals surface area contributed by atoms with Gasteiger partial charge in [0.2, 0.25) is 5.78 Å². The number of Topliss-reactive ketones (excluding diaryl/α,β-unsaturated/α-hetero) is 1. The number of carbonyl (C=O) groups excluding carboxylic acids is 1. The molecular formula is C11H13F2O2P. The molecule has 0 saturated heterocycles. The highest BCUT2D eigenvalue weighted by molar-refractivity contribution is 7.52. The number of carbonyl (C=O) groups is 1. The number of hydrogen-bond acceptors (Lipinski definition) is 2. The first-order chi connectivity index (χ1) is 7.48. The molecule has 0 saturated carbocycles. The third-order valence-corrected chi connectivity index (χ3v) is 3.52. The Hall–Kier alpha value is -0.860. The standard InChI is InChI=1S/C11H13F2O2P/c1-15-16(2)8-10(14)11(12,13)9-6-4-3-5-7-9/h3-7H,8H2,1-2H3. The summed E-state index contributed by atoms with van der Waals surface area (Å²) in [7, 11) is 0.314. The van der Waals surface area contributed by atoms with Crippen LogP contribution in [0, 0.1) is 0 Å². The van der Waals surface area contributed by atoms with Crippen LogP contribution < -0.4 is 0 Å². The second kappa shape index (κ2) is 5.46. The Morgan fingerprint density at radius 2 is 1.94 bits per heavy atom. The van der Waals surface area contributed by atoms with Gasteiger partial charge in [-0.1, -0.05) is 30.3 Å². The first-order valence-electron chi connectivity index (χ1n) is 4.70. The molecule has 0 fully saturated rings. The zero-order chi connectivity index (χ0) is 12.2. The van der Waals surface area contributed by atoms with Crippen molar-refractivity contribution in [1.29, 1.82) is 0 Å². The minimum absolute atomic E-state index is 0.228. The Bertz CT molecular complexity index is 354. The van der Waals surface area contributed by atoms with Crippen molar-refractivity contribution in [2.45, 2.75) is 5.92 Å². The smallest absolute Gasteiger partial charge is 0.330 e.